The molecule has 0 saturated heterocycles. The average molecular weight is 323 g/mol. The van der Waals surface area contributed by atoms with Gasteiger partial charge in [0.05, 0.1) is 31.5 Å². The van der Waals surface area contributed by atoms with Gasteiger partial charge < -0.3 is 14.2 Å². The Morgan fingerprint density at radius 2 is 1.86 bits per heavy atom. The van der Waals surface area contributed by atoms with Gasteiger partial charge >= 0.3 is 0 Å². The van der Waals surface area contributed by atoms with Crippen molar-refractivity contribution in [1.82, 2.24) is 13.7 Å². The molecule has 0 saturated carbocycles. The second-order valence-electron chi connectivity index (χ2n) is 4.59. The minimum atomic E-state index is 0.438. The van der Waals surface area contributed by atoms with Crippen molar-refractivity contribution in [3.8, 4) is 17.1 Å². The minimum absolute atomic E-state index is 0.438. The molecule has 0 aliphatic heterocycles. The van der Waals surface area contributed by atoms with Crippen molar-refractivity contribution in [2.45, 2.75) is 19.8 Å². The molecule has 2 rings (SSSR count). The maximum Gasteiger partial charge on any atom is 0.254 e. The zero-order chi connectivity index (χ0) is 15.5. The largest absolute Gasteiger partial charge is 0.473 e. The number of pyridine rings is 1. The fourth-order valence-electron chi connectivity index (χ4n) is 1.72. The van der Waals surface area contributed by atoms with Gasteiger partial charge in [-0.1, -0.05) is 13.3 Å². The van der Waals surface area contributed by atoms with Crippen LogP contribution >= 0.6 is 11.7 Å². The molecule has 120 valence electrons. The third-order valence-electron chi connectivity index (χ3n) is 2.87. The maximum absolute atomic E-state index is 5.62. The molecule has 0 fully saturated rings. The summed E-state index contributed by atoms with van der Waals surface area (Å²) in [5, 5.41) is 0. The molecule has 2 heterocycles. The Bertz CT molecular complexity index is 522. The first-order valence-corrected chi connectivity index (χ1v) is 8.16. The first kappa shape index (κ1) is 16.8. The van der Waals surface area contributed by atoms with E-state index in [9.17, 15) is 0 Å². The smallest absolute Gasteiger partial charge is 0.254 e. The van der Waals surface area contributed by atoms with Crippen LogP contribution in [0.4, 0.5) is 0 Å². The Morgan fingerprint density at radius 1 is 1.05 bits per heavy atom. The molecule has 0 bridgehead atoms. The lowest BCUT2D eigenvalue weighted by atomic mass is 10.2. The summed E-state index contributed by atoms with van der Waals surface area (Å²) in [5.74, 6) is 0.529. The van der Waals surface area contributed by atoms with Crippen LogP contribution in [0.15, 0.2) is 24.5 Å². The van der Waals surface area contributed by atoms with E-state index in [4.69, 9.17) is 14.2 Å². The second kappa shape index (κ2) is 10.2. The standard InChI is InChI=1S/C15H21N3O3S/c1-2-3-7-19-8-9-20-10-11-21-15-14(17-22-18-15)13-5-4-6-16-12-13/h4-6,12H,2-3,7-11H2,1H3. The van der Waals surface area contributed by atoms with Crippen LogP contribution in [-0.2, 0) is 9.47 Å². The third-order valence-corrected chi connectivity index (χ3v) is 3.39. The molecule has 0 radical (unpaired) electrons. The normalized spacial score (nSPS) is 10.8. The highest BCUT2D eigenvalue weighted by Gasteiger charge is 2.11. The van der Waals surface area contributed by atoms with Gasteiger partial charge in [0.25, 0.3) is 5.88 Å². The predicted molar refractivity (Wildman–Crippen MR) is 85.2 cm³/mol. The van der Waals surface area contributed by atoms with Gasteiger partial charge in [-0.3, -0.25) is 4.98 Å². The summed E-state index contributed by atoms with van der Waals surface area (Å²) in [7, 11) is 0. The van der Waals surface area contributed by atoms with Crippen molar-refractivity contribution in [3.63, 3.8) is 0 Å². The van der Waals surface area contributed by atoms with Crippen molar-refractivity contribution >= 4 is 11.7 Å². The van der Waals surface area contributed by atoms with Crippen molar-refractivity contribution in [1.29, 1.82) is 0 Å². The van der Waals surface area contributed by atoms with Gasteiger partial charge in [0.15, 0.2) is 0 Å². The van der Waals surface area contributed by atoms with E-state index in [0.717, 1.165) is 42.4 Å². The summed E-state index contributed by atoms with van der Waals surface area (Å²) in [4.78, 5) is 4.08. The van der Waals surface area contributed by atoms with Gasteiger partial charge in [-0.15, -0.1) is 4.37 Å². The highest BCUT2D eigenvalue weighted by Crippen LogP contribution is 2.26. The lowest BCUT2D eigenvalue weighted by Gasteiger charge is -2.07. The van der Waals surface area contributed by atoms with Gasteiger partial charge in [0.2, 0.25) is 0 Å². The monoisotopic (exact) mass is 323 g/mol. The zero-order valence-electron chi connectivity index (χ0n) is 12.7. The van der Waals surface area contributed by atoms with Crippen LogP contribution in [0.3, 0.4) is 0 Å². The topological polar surface area (TPSA) is 66.4 Å². The quantitative estimate of drug-likeness (QED) is 0.592. The van der Waals surface area contributed by atoms with E-state index < -0.39 is 0 Å². The SMILES string of the molecule is CCCCOCCOCCOc1nsnc1-c1cccnc1. The maximum atomic E-state index is 5.62. The number of aromatic nitrogens is 3. The number of rotatable bonds is 11. The molecular weight excluding hydrogens is 302 g/mol. The third kappa shape index (κ3) is 5.67. The molecule has 7 heteroatoms. The Balaban J connectivity index is 1.63. The lowest BCUT2D eigenvalue weighted by Crippen LogP contribution is -2.11. The Labute approximate surface area is 134 Å². The molecule has 0 unspecified atom stereocenters. The van der Waals surface area contributed by atoms with Crippen LogP contribution in [0, 0.1) is 0 Å². The minimum Gasteiger partial charge on any atom is -0.473 e. The molecular formula is C15H21N3O3S. The van der Waals surface area contributed by atoms with E-state index in [1.54, 1.807) is 12.4 Å². The van der Waals surface area contributed by atoms with Crippen molar-refractivity contribution in [3.05, 3.63) is 24.5 Å². The van der Waals surface area contributed by atoms with Crippen molar-refractivity contribution in [2.75, 3.05) is 33.0 Å². The van der Waals surface area contributed by atoms with E-state index in [1.807, 2.05) is 12.1 Å². The van der Waals surface area contributed by atoms with Crippen LogP contribution in [0.2, 0.25) is 0 Å². The highest BCUT2D eigenvalue weighted by atomic mass is 32.1. The van der Waals surface area contributed by atoms with E-state index in [1.165, 1.54) is 0 Å². The van der Waals surface area contributed by atoms with Crippen molar-refractivity contribution < 1.29 is 14.2 Å². The lowest BCUT2D eigenvalue weighted by molar-refractivity contribution is 0.0352. The number of nitrogens with zero attached hydrogens (tertiary/aromatic N) is 3. The second-order valence-corrected chi connectivity index (χ2v) is 5.11. The molecule has 0 amide bonds. The van der Waals surface area contributed by atoms with Crippen LogP contribution < -0.4 is 4.74 Å². The summed E-state index contributed by atoms with van der Waals surface area (Å²) in [5.41, 5.74) is 1.62. The molecule has 0 spiro atoms. The molecule has 0 aliphatic rings. The fraction of sp³-hybridized carbons (Fsp3) is 0.533. The molecule has 2 aromatic heterocycles. The van der Waals surface area contributed by atoms with Gasteiger partial charge in [-0.2, -0.15) is 4.37 Å². The Kier molecular flexibility index (Phi) is 7.79. The summed E-state index contributed by atoms with van der Waals surface area (Å²) in [6, 6.07) is 3.79. The summed E-state index contributed by atoms with van der Waals surface area (Å²) in [6.45, 7) is 5.09. The molecule has 0 aromatic carbocycles. The van der Waals surface area contributed by atoms with E-state index in [-0.39, 0.29) is 0 Å². The number of unbranched alkanes of at least 4 members (excludes halogenated alkanes) is 1. The highest BCUT2D eigenvalue weighted by molar-refractivity contribution is 6.99. The van der Waals surface area contributed by atoms with Crippen LogP contribution in [0.1, 0.15) is 19.8 Å². The molecule has 0 aliphatic carbocycles. The van der Waals surface area contributed by atoms with E-state index >= 15 is 0 Å². The fourth-order valence-corrected chi connectivity index (χ4v) is 2.24. The van der Waals surface area contributed by atoms with Gasteiger partial charge in [0, 0.05) is 24.6 Å². The molecule has 2 aromatic rings. The Hall–Kier alpha value is -1.57. The number of hydrogen-bond acceptors (Lipinski definition) is 7. The summed E-state index contributed by atoms with van der Waals surface area (Å²) < 4.78 is 24.9. The van der Waals surface area contributed by atoms with Gasteiger partial charge in [-0.25, -0.2) is 0 Å². The predicted octanol–water partition coefficient (Wildman–Crippen LogP) is 2.81. The molecule has 6 nitrogen and oxygen atoms in total. The first-order chi connectivity index (χ1) is 10.9. The summed E-state index contributed by atoms with van der Waals surface area (Å²) in [6.07, 6.45) is 5.71. The molecule has 0 atom stereocenters. The summed E-state index contributed by atoms with van der Waals surface area (Å²) >= 11 is 1.13. The first-order valence-electron chi connectivity index (χ1n) is 7.43. The van der Waals surface area contributed by atoms with Crippen LogP contribution in [0.25, 0.3) is 11.3 Å². The number of ether oxygens (including phenoxy) is 3. The Morgan fingerprint density at radius 3 is 2.64 bits per heavy atom. The molecule has 22 heavy (non-hydrogen) atoms. The number of hydrogen-bond donors (Lipinski definition) is 0. The van der Waals surface area contributed by atoms with Crippen molar-refractivity contribution in [2.24, 2.45) is 0 Å². The van der Waals surface area contributed by atoms with Gasteiger partial charge in [0.1, 0.15) is 12.3 Å². The van der Waals surface area contributed by atoms with Crippen LogP contribution in [-0.4, -0.2) is 46.8 Å². The average Bonchev–Trinajstić information content (AvgIpc) is 3.02. The van der Waals surface area contributed by atoms with Crippen LogP contribution in [0.5, 0.6) is 5.88 Å². The van der Waals surface area contributed by atoms with Gasteiger partial charge in [-0.05, 0) is 18.6 Å². The molecule has 0 N–H and O–H groups in total. The zero-order valence-corrected chi connectivity index (χ0v) is 13.6. The van der Waals surface area contributed by atoms with E-state index in [2.05, 4.69) is 20.7 Å². The van der Waals surface area contributed by atoms with E-state index in [0.29, 0.717) is 32.3 Å².